The minimum absolute atomic E-state index is 0.0441. The smallest absolute Gasteiger partial charge is 0.251 e. The van der Waals surface area contributed by atoms with E-state index in [9.17, 15) is 4.79 Å². The molecule has 0 aliphatic carbocycles. The van der Waals surface area contributed by atoms with Crippen LogP contribution in [0.15, 0.2) is 53.3 Å². The molecule has 0 aliphatic heterocycles. The summed E-state index contributed by atoms with van der Waals surface area (Å²) in [6.07, 6.45) is 0. The topological polar surface area (TPSA) is 40.5 Å². The molecule has 4 nitrogen and oxygen atoms in total. The van der Waals surface area contributed by atoms with Crippen LogP contribution >= 0.6 is 0 Å². The third-order valence-corrected chi connectivity index (χ3v) is 4.09. The number of nitrogens with zero attached hydrogens (tertiary/aromatic N) is 1. The van der Waals surface area contributed by atoms with E-state index in [2.05, 4.69) is 0 Å². The molecule has 0 atom stereocenters. The molecule has 24 heavy (non-hydrogen) atoms. The average Bonchev–Trinajstić information content (AvgIpc) is 2.57. The predicted octanol–water partition coefficient (Wildman–Crippen LogP) is 3.71. The fraction of sp³-hybridized carbons (Fsp3) is 0.250. The van der Waals surface area contributed by atoms with Crippen LogP contribution in [0.5, 0.6) is 11.5 Å². The number of aromatic nitrogens is 1. The van der Waals surface area contributed by atoms with Crippen molar-refractivity contribution in [2.24, 2.45) is 0 Å². The molecule has 0 spiro atoms. The summed E-state index contributed by atoms with van der Waals surface area (Å²) in [4.78, 5) is 12.5. The number of rotatable bonds is 5. The van der Waals surface area contributed by atoms with Gasteiger partial charge in [0, 0.05) is 11.5 Å². The van der Waals surface area contributed by atoms with Crippen molar-refractivity contribution in [3.8, 4) is 11.5 Å². The van der Waals surface area contributed by atoms with Gasteiger partial charge in [-0.3, -0.25) is 4.79 Å². The van der Waals surface area contributed by atoms with Crippen LogP contribution in [0.4, 0.5) is 0 Å². The molecule has 3 aromatic rings. The second-order valence-corrected chi connectivity index (χ2v) is 5.84. The molecule has 0 bridgehead atoms. The van der Waals surface area contributed by atoms with Crippen molar-refractivity contribution in [1.82, 2.24) is 4.57 Å². The van der Waals surface area contributed by atoms with Crippen molar-refractivity contribution >= 4 is 10.9 Å². The molecular formula is C20H21NO3. The maximum absolute atomic E-state index is 12.5. The van der Waals surface area contributed by atoms with Crippen molar-refractivity contribution < 1.29 is 9.47 Å². The lowest BCUT2D eigenvalue weighted by atomic mass is 10.1. The summed E-state index contributed by atoms with van der Waals surface area (Å²) in [6, 6.07) is 15.4. The van der Waals surface area contributed by atoms with Gasteiger partial charge >= 0.3 is 0 Å². The highest BCUT2D eigenvalue weighted by Gasteiger charge is 2.11. The highest BCUT2D eigenvalue weighted by Crippen LogP contribution is 2.26. The Morgan fingerprint density at radius 3 is 2.58 bits per heavy atom. The fourth-order valence-corrected chi connectivity index (χ4v) is 2.92. The first-order valence-electron chi connectivity index (χ1n) is 7.97. The molecule has 0 N–H and O–H groups in total. The minimum atomic E-state index is -0.0441. The molecule has 0 unspecified atom stereocenters. The molecule has 124 valence electrons. The lowest BCUT2D eigenvalue weighted by molar-refractivity contribution is 0.298. The van der Waals surface area contributed by atoms with E-state index in [-0.39, 0.29) is 5.56 Å². The first-order valence-corrected chi connectivity index (χ1v) is 7.97. The normalized spacial score (nSPS) is 10.8. The zero-order chi connectivity index (χ0) is 17.1. The van der Waals surface area contributed by atoms with Crippen LogP contribution in [0.2, 0.25) is 0 Å². The molecule has 4 heteroatoms. The summed E-state index contributed by atoms with van der Waals surface area (Å²) in [5.41, 5.74) is 2.87. The molecule has 3 rings (SSSR count). The van der Waals surface area contributed by atoms with Gasteiger partial charge in [-0.2, -0.15) is 0 Å². The van der Waals surface area contributed by atoms with E-state index >= 15 is 0 Å². The van der Waals surface area contributed by atoms with E-state index in [1.165, 1.54) is 0 Å². The van der Waals surface area contributed by atoms with E-state index in [1.807, 2.05) is 56.3 Å². The highest BCUT2D eigenvalue weighted by atomic mass is 16.5. The van der Waals surface area contributed by atoms with E-state index in [1.54, 1.807) is 17.7 Å². The van der Waals surface area contributed by atoms with Gasteiger partial charge in [0.15, 0.2) is 0 Å². The number of fused-ring (bicyclic) bond motifs is 1. The Bertz CT molecular complexity index is 928. The van der Waals surface area contributed by atoms with E-state index in [0.29, 0.717) is 18.9 Å². The van der Waals surface area contributed by atoms with Crippen molar-refractivity contribution in [2.75, 3.05) is 13.7 Å². The van der Waals surface area contributed by atoms with Gasteiger partial charge in [-0.15, -0.1) is 0 Å². The fourth-order valence-electron chi connectivity index (χ4n) is 2.92. The van der Waals surface area contributed by atoms with Crippen molar-refractivity contribution in [1.29, 1.82) is 0 Å². The molecule has 0 radical (unpaired) electrons. The number of hydrogen-bond donors (Lipinski definition) is 0. The Labute approximate surface area is 141 Å². The summed E-state index contributed by atoms with van der Waals surface area (Å²) < 4.78 is 13.0. The first kappa shape index (κ1) is 16.1. The summed E-state index contributed by atoms with van der Waals surface area (Å²) in [6.45, 7) is 4.84. The molecule has 1 heterocycles. The van der Waals surface area contributed by atoms with Crippen LogP contribution < -0.4 is 15.0 Å². The Morgan fingerprint density at radius 2 is 1.83 bits per heavy atom. The standard InChI is InChI=1S/C20H21NO3/c1-14-6-4-7-16(12-14)24-11-10-21-19(22)13-15(2)17-8-5-9-18(23-3)20(17)21/h4-9,12-13H,10-11H2,1-3H3. The Morgan fingerprint density at radius 1 is 1.04 bits per heavy atom. The third kappa shape index (κ3) is 3.13. The SMILES string of the molecule is COc1cccc2c(C)cc(=O)n(CCOc3cccc(C)c3)c12. The zero-order valence-electron chi connectivity index (χ0n) is 14.2. The maximum Gasteiger partial charge on any atom is 0.251 e. The lowest BCUT2D eigenvalue weighted by Gasteiger charge is -2.15. The number of benzene rings is 2. The maximum atomic E-state index is 12.5. The Balaban J connectivity index is 1.93. The predicted molar refractivity (Wildman–Crippen MR) is 96.2 cm³/mol. The molecular weight excluding hydrogens is 302 g/mol. The van der Waals surface area contributed by atoms with Crippen LogP contribution in [0, 0.1) is 13.8 Å². The van der Waals surface area contributed by atoms with Gasteiger partial charge < -0.3 is 14.0 Å². The van der Waals surface area contributed by atoms with Gasteiger partial charge in [0.05, 0.1) is 19.2 Å². The second kappa shape index (κ2) is 6.79. The molecule has 2 aromatic carbocycles. The zero-order valence-corrected chi connectivity index (χ0v) is 14.2. The summed E-state index contributed by atoms with van der Waals surface area (Å²) in [7, 11) is 1.62. The minimum Gasteiger partial charge on any atom is -0.495 e. The van der Waals surface area contributed by atoms with Gasteiger partial charge in [-0.05, 0) is 43.2 Å². The number of aryl methyl sites for hydroxylation is 2. The summed E-state index contributed by atoms with van der Waals surface area (Å²) >= 11 is 0. The summed E-state index contributed by atoms with van der Waals surface area (Å²) in [5.74, 6) is 1.51. The van der Waals surface area contributed by atoms with E-state index < -0.39 is 0 Å². The molecule has 0 aliphatic rings. The molecule has 0 amide bonds. The van der Waals surface area contributed by atoms with Crippen molar-refractivity contribution in [3.63, 3.8) is 0 Å². The van der Waals surface area contributed by atoms with Crippen LogP contribution in [-0.2, 0) is 6.54 Å². The monoisotopic (exact) mass is 323 g/mol. The van der Waals surface area contributed by atoms with Crippen molar-refractivity contribution in [3.05, 3.63) is 70.0 Å². The van der Waals surface area contributed by atoms with Gasteiger partial charge in [-0.25, -0.2) is 0 Å². The molecule has 0 saturated carbocycles. The van der Waals surface area contributed by atoms with Crippen LogP contribution in [0.25, 0.3) is 10.9 Å². The van der Waals surface area contributed by atoms with Gasteiger partial charge in [-0.1, -0.05) is 24.3 Å². The first-order chi connectivity index (χ1) is 11.6. The van der Waals surface area contributed by atoms with Gasteiger partial charge in [0.2, 0.25) is 0 Å². The molecule has 0 fully saturated rings. The number of para-hydroxylation sites is 1. The molecule has 0 saturated heterocycles. The largest absolute Gasteiger partial charge is 0.495 e. The molecule has 1 aromatic heterocycles. The number of hydrogen-bond acceptors (Lipinski definition) is 3. The average molecular weight is 323 g/mol. The number of ether oxygens (including phenoxy) is 2. The van der Waals surface area contributed by atoms with Gasteiger partial charge in [0.1, 0.15) is 18.1 Å². The third-order valence-electron chi connectivity index (χ3n) is 4.09. The van der Waals surface area contributed by atoms with Crippen LogP contribution in [0.3, 0.4) is 0 Å². The van der Waals surface area contributed by atoms with Gasteiger partial charge in [0.25, 0.3) is 5.56 Å². The lowest BCUT2D eigenvalue weighted by Crippen LogP contribution is -2.23. The second-order valence-electron chi connectivity index (χ2n) is 5.84. The Hall–Kier alpha value is -2.75. The van der Waals surface area contributed by atoms with Crippen molar-refractivity contribution in [2.45, 2.75) is 20.4 Å². The highest BCUT2D eigenvalue weighted by molar-refractivity contribution is 5.87. The van der Waals surface area contributed by atoms with Crippen LogP contribution in [0.1, 0.15) is 11.1 Å². The number of methoxy groups -OCH3 is 1. The summed E-state index contributed by atoms with van der Waals surface area (Å²) in [5, 5.41) is 1.02. The Kier molecular flexibility index (Phi) is 4.56. The van der Waals surface area contributed by atoms with E-state index in [4.69, 9.17) is 9.47 Å². The van der Waals surface area contributed by atoms with E-state index in [0.717, 1.165) is 27.8 Å². The number of pyridine rings is 1. The quantitative estimate of drug-likeness (QED) is 0.719. The van der Waals surface area contributed by atoms with Crippen LogP contribution in [-0.4, -0.2) is 18.3 Å².